The Balaban J connectivity index is 1.10. The summed E-state index contributed by atoms with van der Waals surface area (Å²) >= 11 is 0. The Labute approximate surface area is 334 Å². The van der Waals surface area contributed by atoms with Crippen molar-refractivity contribution in [1.82, 2.24) is 0 Å². The van der Waals surface area contributed by atoms with Crippen molar-refractivity contribution in [2.75, 3.05) is 4.90 Å². The molecule has 2 nitrogen and oxygen atoms in total. The summed E-state index contributed by atoms with van der Waals surface area (Å²) in [5.74, 6) is 0. The predicted molar refractivity (Wildman–Crippen MR) is 243 cm³/mol. The first kappa shape index (κ1) is 34.3. The molecule has 10 rings (SSSR count). The molecule has 0 aliphatic heterocycles. The van der Waals surface area contributed by atoms with Crippen LogP contribution >= 0.6 is 0 Å². The minimum Gasteiger partial charge on any atom is -0.453 e. The zero-order valence-corrected chi connectivity index (χ0v) is 32.4. The Hall–Kier alpha value is -7.20. The van der Waals surface area contributed by atoms with E-state index in [9.17, 15) is 0 Å². The molecule has 1 heterocycles. The molecule has 0 aliphatic rings. The van der Waals surface area contributed by atoms with Crippen molar-refractivity contribution >= 4 is 67.8 Å². The van der Waals surface area contributed by atoms with Crippen LogP contribution in [0.1, 0.15) is 0 Å². The second-order valence-electron chi connectivity index (χ2n) is 14.5. The Kier molecular flexibility index (Phi) is 8.90. The van der Waals surface area contributed by atoms with Crippen LogP contribution in [0, 0.1) is 0 Å². The molecule has 270 valence electrons. The van der Waals surface area contributed by atoms with Crippen molar-refractivity contribution < 1.29 is 4.42 Å². The van der Waals surface area contributed by atoms with Crippen molar-refractivity contribution in [3.63, 3.8) is 0 Å². The Morgan fingerprint density at radius 2 is 0.772 bits per heavy atom. The van der Waals surface area contributed by atoms with E-state index >= 15 is 0 Å². The summed E-state index contributed by atoms with van der Waals surface area (Å²) in [6.07, 6.45) is 0. The van der Waals surface area contributed by atoms with E-state index in [0.717, 1.165) is 50.1 Å². The van der Waals surface area contributed by atoms with E-state index in [1.54, 1.807) is 0 Å². The summed E-state index contributed by atoms with van der Waals surface area (Å²) in [7, 11) is -2.67. The van der Waals surface area contributed by atoms with Crippen molar-refractivity contribution in [1.29, 1.82) is 0 Å². The molecule has 0 saturated carbocycles. The quantitative estimate of drug-likeness (QED) is 0.108. The van der Waals surface area contributed by atoms with Gasteiger partial charge in [0.1, 0.15) is 5.58 Å². The van der Waals surface area contributed by atoms with Crippen LogP contribution in [-0.2, 0) is 0 Å². The second kappa shape index (κ2) is 14.8. The second-order valence-corrected chi connectivity index (χ2v) is 18.3. The highest BCUT2D eigenvalue weighted by Gasteiger charge is 2.41. The molecule has 1 aromatic heterocycles. The normalized spacial score (nSPS) is 11.5. The van der Waals surface area contributed by atoms with Gasteiger partial charge in [-0.15, -0.1) is 0 Å². The van der Waals surface area contributed by atoms with Gasteiger partial charge in [0, 0.05) is 27.7 Å². The van der Waals surface area contributed by atoms with Crippen molar-refractivity contribution in [2.45, 2.75) is 0 Å². The summed E-state index contributed by atoms with van der Waals surface area (Å²) in [5, 5.41) is 7.65. The highest BCUT2D eigenvalue weighted by atomic mass is 28.3. The number of rotatable bonds is 9. The summed E-state index contributed by atoms with van der Waals surface area (Å²) in [6, 6.07) is 85.5. The maximum atomic E-state index is 6.90. The van der Waals surface area contributed by atoms with Gasteiger partial charge in [0.15, 0.2) is 13.7 Å². The van der Waals surface area contributed by atoms with Crippen molar-refractivity contribution in [2.24, 2.45) is 0 Å². The van der Waals surface area contributed by atoms with Crippen molar-refractivity contribution in [3.8, 4) is 22.3 Å². The van der Waals surface area contributed by atoms with E-state index < -0.39 is 8.07 Å². The third kappa shape index (κ3) is 6.06. The van der Waals surface area contributed by atoms with E-state index in [0.29, 0.717) is 0 Å². The number of para-hydroxylation sites is 3. The van der Waals surface area contributed by atoms with Crippen LogP contribution in [0.2, 0.25) is 0 Å². The van der Waals surface area contributed by atoms with Gasteiger partial charge in [-0.1, -0.05) is 206 Å². The summed E-state index contributed by atoms with van der Waals surface area (Å²) < 4.78 is 6.90. The third-order valence-electron chi connectivity index (χ3n) is 11.2. The SMILES string of the molecule is c1ccc(-c2cccc3c2oc2c(N(c4ccccc4)c4ccc(-c5cccc([Si](c6ccccc6)(c6ccccc6)c6ccccc6)c5)cc4)cccc23)cc1. The van der Waals surface area contributed by atoms with Gasteiger partial charge < -0.3 is 9.32 Å². The molecule has 57 heavy (non-hydrogen) atoms. The largest absolute Gasteiger partial charge is 0.453 e. The fourth-order valence-corrected chi connectivity index (χ4v) is 13.4. The van der Waals surface area contributed by atoms with Gasteiger partial charge >= 0.3 is 0 Å². The fraction of sp³-hybridized carbons (Fsp3) is 0. The summed E-state index contributed by atoms with van der Waals surface area (Å²) in [4.78, 5) is 2.31. The smallest absolute Gasteiger partial charge is 0.179 e. The van der Waals surface area contributed by atoms with Crippen molar-refractivity contribution in [3.05, 3.63) is 237 Å². The molecule has 0 N–H and O–H groups in total. The average Bonchev–Trinajstić information content (AvgIpc) is 3.69. The maximum absolute atomic E-state index is 6.90. The highest BCUT2D eigenvalue weighted by Crippen LogP contribution is 2.44. The van der Waals surface area contributed by atoms with Crippen LogP contribution in [0.4, 0.5) is 17.1 Å². The molecule has 0 bridgehead atoms. The zero-order valence-electron chi connectivity index (χ0n) is 31.4. The number of fused-ring (bicyclic) bond motifs is 3. The van der Waals surface area contributed by atoms with Crippen LogP contribution in [0.5, 0.6) is 0 Å². The molecule has 0 spiro atoms. The first-order valence-corrected chi connectivity index (χ1v) is 21.5. The number of benzene rings is 9. The minimum absolute atomic E-state index is 0.862. The summed E-state index contributed by atoms with van der Waals surface area (Å²) in [5.41, 5.74) is 9.46. The molecule has 10 aromatic rings. The third-order valence-corrected chi connectivity index (χ3v) is 16.0. The number of anilines is 3. The zero-order chi connectivity index (χ0) is 38.0. The predicted octanol–water partition coefficient (Wildman–Crippen LogP) is 11.8. The Morgan fingerprint density at radius 3 is 1.37 bits per heavy atom. The van der Waals surface area contributed by atoms with Crippen LogP contribution in [0.3, 0.4) is 0 Å². The molecule has 0 radical (unpaired) electrons. The molecule has 0 amide bonds. The molecule has 0 atom stereocenters. The first-order chi connectivity index (χ1) is 28.3. The monoisotopic (exact) mass is 745 g/mol. The van der Waals surface area contributed by atoms with Crippen LogP contribution in [0.15, 0.2) is 241 Å². The molecule has 0 fully saturated rings. The molecule has 0 unspecified atom stereocenters. The van der Waals surface area contributed by atoms with E-state index in [-0.39, 0.29) is 0 Å². The lowest BCUT2D eigenvalue weighted by Crippen LogP contribution is -2.74. The van der Waals surface area contributed by atoms with E-state index in [1.165, 1.54) is 31.9 Å². The lowest BCUT2D eigenvalue weighted by molar-refractivity contribution is 0.670. The van der Waals surface area contributed by atoms with Crippen LogP contribution in [0.25, 0.3) is 44.2 Å². The van der Waals surface area contributed by atoms with Gasteiger partial charge in [-0.05, 0) is 67.8 Å². The van der Waals surface area contributed by atoms with Gasteiger partial charge in [-0.2, -0.15) is 0 Å². The first-order valence-electron chi connectivity index (χ1n) is 19.5. The number of nitrogens with zero attached hydrogens (tertiary/aromatic N) is 1. The summed E-state index contributed by atoms with van der Waals surface area (Å²) in [6.45, 7) is 0. The maximum Gasteiger partial charge on any atom is 0.179 e. The number of furan rings is 1. The lowest BCUT2D eigenvalue weighted by atomic mass is 10.0. The van der Waals surface area contributed by atoms with E-state index in [4.69, 9.17) is 4.42 Å². The highest BCUT2D eigenvalue weighted by molar-refractivity contribution is 7.19. The standard InChI is InChI=1S/C54H39NOSi/c1-6-19-41(20-7-1)49-31-17-32-50-51-33-18-34-52(54(51)56-53(49)50)55(43-22-8-2-9-23-43)44-37-35-40(36-38-44)42-21-16-30-48(39-42)57(45-24-10-3-11-25-45,46-26-12-4-13-27-46)47-28-14-5-15-29-47/h1-39H. The number of hydrogen-bond acceptors (Lipinski definition) is 2. The molecular formula is C54H39NOSi. The van der Waals surface area contributed by atoms with E-state index in [1.807, 2.05) is 0 Å². The van der Waals surface area contributed by atoms with Gasteiger partial charge in [-0.25, -0.2) is 0 Å². The Bertz CT molecular complexity index is 2830. The minimum atomic E-state index is -2.67. The lowest BCUT2D eigenvalue weighted by Gasteiger charge is -2.34. The van der Waals surface area contributed by atoms with Gasteiger partial charge in [0.05, 0.1) is 5.69 Å². The fourth-order valence-electron chi connectivity index (χ4n) is 8.63. The molecular weight excluding hydrogens is 707 g/mol. The van der Waals surface area contributed by atoms with Gasteiger partial charge in [0.2, 0.25) is 0 Å². The van der Waals surface area contributed by atoms with E-state index in [2.05, 4.69) is 241 Å². The molecule has 0 saturated heterocycles. The topological polar surface area (TPSA) is 16.4 Å². The molecule has 9 aromatic carbocycles. The van der Waals surface area contributed by atoms with Gasteiger partial charge in [-0.3, -0.25) is 0 Å². The molecule has 3 heteroatoms. The Morgan fingerprint density at radius 1 is 0.316 bits per heavy atom. The van der Waals surface area contributed by atoms with Crippen LogP contribution < -0.4 is 25.6 Å². The van der Waals surface area contributed by atoms with Crippen LogP contribution in [-0.4, -0.2) is 8.07 Å². The average molecular weight is 746 g/mol. The molecule has 0 aliphatic carbocycles. The van der Waals surface area contributed by atoms with Gasteiger partial charge in [0.25, 0.3) is 0 Å². The number of hydrogen-bond donors (Lipinski definition) is 0.